The van der Waals surface area contributed by atoms with E-state index >= 15 is 9.59 Å². The molecule has 0 radical (unpaired) electrons. The van der Waals surface area contributed by atoms with Gasteiger partial charge in [-0.05, 0) is 67.0 Å². The van der Waals surface area contributed by atoms with Crippen molar-refractivity contribution in [2.45, 2.75) is 108 Å². The van der Waals surface area contributed by atoms with Gasteiger partial charge in [0.1, 0.15) is 36.5 Å². The summed E-state index contributed by atoms with van der Waals surface area (Å²) in [5.41, 5.74) is -8.99. The van der Waals surface area contributed by atoms with E-state index in [1.807, 2.05) is 0 Å². The fraction of sp³-hybridized carbons (Fsp3) is 0.397. The first kappa shape index (κ1) is 58.0. The van der Waals surface area contributed by atoms with E-state index in [-0.39, 0.29) is 34.3 Å². The molecule has 11 atom stereocenters. The molecule has 3 aliphatic carbocycles. The fourth-order valence-corrected chi connectivity index (χ4v) is 11.6. The third kappa shape index (κ3) is 10.8. The number of hydrogen-bond donors (Lipinski definition) is 5. The fourth-order valence-electron chi connectivity index (χ4n) is 11.6. The topological polar surface area (TPSA) is 286 Å². The van der Waals surface area contributed by atoms with Crippen LogP contribution in [0.2, 0.25) is 0 Å². The Kier molecular flexibility index (Phi) is 16.6. The van der Waals surface area contributed by atoms with Crippen LogP contribution in [0.1, 0.15) is 97.1 Å². The second kappa shape index (κ2) is 22.9. The van der Waals surface area contributed by atoms with Gasteiger partial charge >= 0.3 is 29.8 Å². The Hall–Kier alpha value is -8.21. The second-order valence-electron chi connectivity index (χ2n) is 20.9. The van der Waals surface area contributed by atoms with Crippen LogP contribution in [0.4, 0.5) is 8.78 Å². The predicted octanol–water partition coefficient (Wildman–Crippen LogP) is 4.11. The molecule has 1 saturated heterocycles. The quantitative estimate of drug-likeness (QED) is 0.0599. The predicted molar refractivity (Wildman–Crippen MR) is 273 cm³/mol. The third-order valence-electron chi connectivity index (χ3n) is 15.8. The smallest absolute Gasteiger partial charge is 0.350 e. The number of aliphatic hydroxyl groups excluding tert-OH is 1. The summed E-state index contributed by atoms with van der Waals surface area (Å²) < 4.78 is 64.6. The lowest BCUT2D eigenvalue weighted by atomic mass is 9.44. The molecule has 3 fully saturated rings. The van der Waals surface area contributed by atoms with Crippen LogP contribution in [0.5, 0.6) is 0 Å². The van der Waals surface area contributed by atoms with Crippen LogP contribution in [0.15, 0.2) is 120 Å². The minimum absolute atomic E-state index is 0.0128. The van der Waals surface area contributed by atoms with Gasteiger partial charge in [-0.3, -0.25) is 33.6 Å². The van der Waals surface area contributed by atoms with E-state index in [0.717, 1.165) is 32.0 Å². The monoisotopic (exact) mass is 1110 g/mol. The van der Waals surface area contributed by atoms with Gasteiger partial charge in [0, 0.05) is 37.7 Å². The van der Waals surface area contributed by atoms with Gasteiger partial charge in [0.05, 0.1) is 41.7 Å². The van der Waals surface area contributed by atoms with Crippen LogP contribution < -0.4 is 16.0 Å². The third-order valence-corrected chi connectivity index (χ3v) is 15.8. The molecule has 22 heteroatoms. The molecule has 2 saturated carbocycles. The van der Waals surface area contributed by atoms with Crippen LogP contribution in [0, 0.1) is 28.4 Å². The Labute approximate surface area is 457 Å². The number of nitrogens with one attached hydrogen (secondary N) is 3. The SMILES string of the molecule is CC(=O)O[C@H]1C(=O)[C@@]2(C)C(C(OC(=O)c3ccccc3)[C@]3(O)C[C@H](OC(=O)[C@H](OC(=O)CNC(=O)CNC(=O)c4cccc(F)c4F)[C@@H](NC(=O)c4ccccc4)c4ccccc4)C(C)=C1C3(C)C)[C@]1(OC(C)=O)CO[C@@H]1C[C@@H]2O. The maximum absolute atomic E-state index is 15.8. The molecule has 1 heterocycles. The number of ether oxygens (including phenoxy) is 6. The van der Waals surface area contributed by atoms with Crippen molar-refractivity contribution >= 4 is 53.4 Å². The van der Waals surface area contributed by atoms with Crippen LogP contribution >= 0.6 is 0 Å². The minimum Gasteiger partial charge on any atom is -0.455 e. The first-order chi connectivity index (χ1) is 37.8. The van der Waals surface area contributed by atoms with Gasteiger partial charge in [-0.1, -0.05) is 86.6 Å². The normalized spacial score (nSPS) is 27.1. The number of carbonyl (C=O) groups excluding carboxylic acids is 9. The van der Waals surface area contributed by atoms with E-state index in [2.05, 4.69) is 16.0 Å². The number of rotatable bonds is 16. The molecule has 80 heavy (non-hydrogen) atoms. The summed E-state index contributed by atoms with van der Waals surface area (Å²) in [4.78, 5) is 126. The van der Waals surface area contributed by atoms with E-state index in [0.29, 0.717) is 0 Å². The minimum atomic E-state index is -2.57. The summed E-state index contributed by atoms with van der Waals surface area (Å²) in [5, 5.41) is 33.3. The average Bonchev–Trinajstić information content (AvgIpc) is 1.91. The first-order valence-electron chi connectivity index (χ1n) is 25.6. The molecule has 0 spiro atoms. The largest absolute Gasteiger partial charge is 0.455 e. The summed E-state index contributed by atoms with van der Waals surface area (Å²) in [6, 6.07) is 24.3. The molecule has 5 N–H and O–H groups in total. The number of halogens is 2. The Morgan fingerprint density at radius 2 is 1.39 bits per heavy atom. The molecule has 20 nitrogen and oxygen atoms in total. The molecule has 2 bridgehead atoms. The first-order valence-corrected chi connectivity index (χ1v) is 25.6. The van der Waals surface area contributed by atoms with Gasteiger partial charge in [-0.25, -0.2) is 18.4 Å². The van der Waals surface area contributed by atoms with Gasteiger partial charge in [0.2, 0.25) is 12.0 Å². The highest BCUT2D eigenvalue weighted by molar-refractivity contribution is 5.98. The Bertz CT molecular complexity index is 3140. The molecule has 8 rings (SSSR count). The van der Waals surface area contributed by atoms with Gasteiger partial charge in [-0.15, -0.1) is 0 Å². The maximum atomic E-state index is 15.8. The lowest BCUT2D eigenvalue weighted by Gasteiger charge is -2.67. The summed E-state index contributed by atoms with van der Waals surface area (Å²) in [5.74, 6) is -13.9. The Balaban J connectivity index is 1.22. The van der Waals surface area contributed by atoms with Crippen molar-refractivity contribution in [3.05, 3.63) is 154 Å². The van der Waals surface area contributed by atoms with Crippen molar-refractivity contribution in [3.8, 4) is 0 Å². The molecular weight excluding hydrogens is 1050 g/mol. The van der Waals surface area contributed by atoms with Crippen molar-refractivity contribution in [1.29, 1.82) is 0 Å². The number of amides is 3. The number of fused-ring (bicyclic) bond motifs is 5. The Morgan fingerprint density at radius 3 is 1.99 bits per heavy atom. The van der Waals surface area contributed by atoms with Gasteiger partial charge in [0.25, 0.3) is 11.8 Å². The molecule has 0 aromatic heterocycles. The van der Waals surface area contributed by atoms with E-state index < -0.39 is 167 Å². The van der Waals surface area contributed by atoms with Crippen LogP contribution in [0.25, 0.3) is 0 Å². The number of aliphatic hydroxyl groups is 2. The van der Waals surface area contributed by atoms with Crippen molar-refractivity contribution in [2.24, 2.45) is 16.7 Å². The number of esters is 5. The van der Waals surface area contributed by atoms with Crippen molar-refractivity contribution < 1.29 is 90.6 Å². The van der Waals surface area contributed by atoms with Gasteiger partial charge in [0.15, 0.2) is 29.1 Å². The summed E-state index contributed by atoms with van der Waals surface area (Å²) in [6.07, 6.45) is -11.6. The highest BCUT2D eigenvalue weighted by atomic mass is 19.2. The highest BCUT2D eigenvalue weighted by Gasteiger charge is 2.78. The zero-order chi connectivity index (χ0) is 58.1. The molecule has 4 aromatic carbocycles. The van der Waals surface area contributed by atoms with E-state index in [1.54, 1.807) is 54.6 Å². The Morgan fingerprint density at radius 1 is 0.762 bits per heavy atom. The number of ketones is 1. The molecule has 4 aromatic rings. The number of benzene rings is 4. The summed E-state index contributed by atoms with van der Waals surface area (Å²) in [7, 11) is 0. The average molecular weight is 1110 g/mol. The highest BCUT2D eigenvalue weighted by Crippen LogP contribution is 2.64. The molecular formula is C58H59F2N3O17. The molecule has 422 valence electrons. The van der Waals surface area contributed by atoms with Crippen LogP contribution in [-0.2, 0) is 57.2 Å². The number of Topliss-reactive ketones (excluding diaryl/α,β-unsaturated/α-hetero) is 1. The van der Waals surface area contributed by atoms with Crippen molar-refractivity contribution in [1.82, 2.24) is 16.0 Å². The lowest BCUT2D eigenvalue weighted by Crippen LogP contribution is -2.82. The summed E-state index contributed by atoms with van der Waals surface area (Å²) >= 11 is 0. The maximum Gasteiger partial charge on any atom is 0.350 e. The van der Waals surface area contributed by atoms with Gasteiger partial charge in [-0.2, -0.15) is 0 Å². The van der Waals surface area contributed by atoms with E-state index in [1.165, 1.54) is 64.1 Å². The summed E-state index contributed by atoms with van der Waals surface area (Å²) in [6.45, 7) is 5.65. The zero-order valence-electron chi connectivity index (χ0n) is 44.3. The number of hydrogen-bond acceptors (Lipinski definition) is 17. The molecule has 4 aliphatic rings. The van der Waals surface area contributed by atoms with Gasteiger partial charge < -0.3 is 54.6 Å². The standard InChI is InChI=1S/C58H59F2N3O17/c1-30-38(77-54(73)47(45(33-17-10-7-11-18-33)63-51(70)34-19-12-8-13-20-34)78-42(68)28-61-41(67)27-62-52(71)36-23-16-24-37(59)44(36)60)26-58(74)50(79-53(72)35-21-14-9-15-22-35)48-56(6,39(66)25-40-57(48,29-75-40)80-32(3)65)49(69)46(76-31(2)64)43(30)55(58,4)5/h7-24,38-40,45-48,50,66,74H,25-29H2,1-6H3,(H,61,67)(H,62,71)(H,63,70)/t38-,39-,40+,45-,46+,47+,48?,50?,56+,57-,58+/m0/s1. The second-order valence-corrected chi connectivity index (χ2v) is 20.9. The lowest BCUT2D eigenvalue weighted by molar-refractivity contribution is -0.346. The van der Waals surface area contributed by atoms with Crippen molar-refractivity contribution in [2.75, 3.05) is 19.7 Å². The number of carbonyl (C=O) groups is 9. The molecule has 2 unspecified atom stereocenters. The zero-order valence-corrected chi connectivity index (χ0v) is 44.3. The van der Waals surface area contributed by atoms with E-state index in [4.69, 9.17) is 28.4 Å². The van der Waals surface area contributed by atoms with Crippen LogP contribution in [0.3, 0.4) is 0 Å². The molecule has 1 aliphatic heterocycles. The van der Waals surface area contributed by atoms with Crippen molar-refractivity contribution in [3.63, 3.8) is 0 Å². The van der Waals surface area contributed by atoms with Crippen LogP contribution in [-0.4, -0.2) is 131 Å². The molecule has 3 amide bonds. The van der Waals surface area contributed by atoms with E-state index in [9.17, 15) is 52.6 Å².